The standard InChI is InChI=1S/C11H16N4O3/c1-6-9(7(2)14-13-6)12-11(18)15-4-3-8(5-15)10(16)17/h8H,3-5H2,1-2H3,(H,12,18)(H,13,14)(H,16,17). The minimum atomic E-state index is -0.846. The lowest BCUT2D eigenvalue weighted by molar-refractivity contribution is -0.141. The predicted molar refractivity (Wildman–Crippen MR) is 64.4 cm³/mol. The van der Waals surface area contributed by atoms with Crippen molar-refractivity contribution in [2.45, 2.75) is 20.3 Å². The van der Waals surface area contributed by atoms with Crippen molar-refractivity contribution < 1.29 is 14.7 Å². The van der Waals surface area contributed by atoms with Crippen molar-refractivity contribution in [3.05, 3.63) is 11.4 Å². The van der Waals surface area contributed by atoms with Crippen LogP contribution >= 0.6 is 0 Å². The van der Waals surface area contributed by atoms with Crippen molar-refractivity contribution in [2.24, 2.45) is 5.92 Å². The van der Waals surface area contributed by atoms with Crippen LogP contribution in [-0.2, 0) is 4.79 Å². The highest BCUT2D eigenvalue weighted by atomic mass is 16.4. The number of H-pyrrole nitrogens is 1. The Morgan fingerprint density at radius 2 is 2.22 bits per heavy atom. The summed E-state index contributed by atoms with van der Waals surface area (Å²) in [6, 6.07) is -0.272. The molecule has 2 heterocycles. The van der Waals surface area contributed by atoms with Gasteiger partial charge in [0.15, 0.2) is 0 Å². The number of nitrogens with zero attached hydrogens (tertiary/aromatic N) is 2. The van der Waals surface area contributed by atoms with Crippen molar-refractivity contribution in [3.63, 3.8) is 0 Å². The van der Waals surface area contributed by atoms with Crippen molar-refractivity contribution in [1.82, 2.24) is 15.1 Å². The second kappa shape index (κ2) is 4.67. The van der Waals surface area contributed by atoms with Crippen LogP contribution in [0.5, 0.6) is 0 Å². The van der Waals surface area contributed by atoms with E-state index in [1.807, 2.05) is 6.92 Å². The molecule has 1 fully saturated rings. The monoisotopic (exact) mass is 252 g/mol. The molecule has 7 nitrogen and oxygen atoms in total. The molecule has 2 rings (SSSR count). The highest BCUT2D eigenvalue weighted by molar-refractivity contribution is 5.91. The highest BCUT2D eigenvalue weighted by Gasteiger charge is 2.31. The number of aryl methyl sites for hydroxylation is 2. The van der Waals surface area contributed by atoms with Crippen LogP contribution in [0.1, 0.15) is 17.8 Å². The van der Waals surface area contributed by atoms with Gasteiger partial charge >= 0.3 is 12.0 Å². The van der Waals surface area contributed by atoms with E-state index in [9.17, 15) is 9.59 Å². The molecule has 1 aliphatic heterocycles. The molecule has 0 bridgehead atoms. The van der Waals surface area contributed by atoms with E-state index in [4.69, 9.17) is 5.11 Å². The van der Waals surface area contributed by atoms with E-state index in [1.54, 1.807) is 6.92 Å². The van der Waals surface area contributed by atoms with Crippen molar-refractivity contribution in [2.75, 3.05) is 18.4 Å². The zero-order valence-electron chi connectivity index (χ0n) is 10.4. The number of hydrogen-bond donors (Lipinski definition) is 3. The summed E-state index contributed by atoms with van der Waals surface area (Å²) < 4.78 is 0. The lowest BCUT2D eigenvalue weighted by Gasteiger charge is -2.16. The first-order valence-corrected chi connectivity index (χ1v) is 5.79. The minimum Gasteiger partial charge on any atom is -0.481 e. The molecule has 0 saturated carbocycles. The summed E-state index contributed by atoms with van der Waals surface area (Å²) in [6.45, 7) is 4.35. The van der Waals surface area contributed by atoms with Crippen LogP contribution in [0, 0.1) is 19.8 Å². The van der Waals surface area contributed by atoms with Crippen LogP contribution in [-0.4, -0.2) is 45.3 Å². The number of carbonyl (C=O) groups excluding carboxylic acids is 1. The van der Waals surface area contributed by atoms with Gasteiger partial charge in [0.05, 0.1) is 23.0 Å². The van der Waals surface area contributed by atoms with E-state index in [-0.39, 0.29) is 12.6 Å². The number of aromatic amines is 1. The van der Waals surface area contributed by atoms with Gasteiger partial charge in [-0.1, -0.05) is 0 Å². The fraction of sp³-hybridized carbons (Fsp3) is 0.545. The number of aliphatic carboxylic acids is 1. The molecule has 0 radical (unpaired) electrons. The number of carboxylic acid groups (broad SMARTS) is 1. The van der Waals surface area contributed by atoms with E-state index in [1.165, 1.54) is 4.90 Å². The summed E-state index contributed by atoms with van der Waals surface area (Å²) in [6.07, 6.45) is 0.506. The lowest BCUT2D eigenvalue weighted by Crippen LogP contribution is -2.34. The topological polar surface area (TPSA) is 98.3 Å². The first-order chi connectivity index (χ1) is 8.49. The summed E-state index contributed by atoms with van der Waals surface area (Å²) in [4.78, 5) is 24.3. The zero-order valence-corrected chi connectivity index (χ0v) is 10.4. The predicted octanol–water partition coefficient (Wildman–Crippen LogP) is 0.965. The number of hydrogen-bond acceptors (Lipinski definition) is 3. The van der Waals surface area contributed by atoms with Gasteiger partial charge in [0.1, 0.15) is 0 Å². The Kier molecular flexibility index (Phi) is 3.22. The van der Waals surface area contributed by atoms with Gasteiger partial charge in [0.25, 0.3) is 0 Å². The van der Waals surface area contributed by atoms with Crippen molar-refractivity contribution >= 4 is 17.7 Å². The maximum atomic E-state index is 12.0. The van der Waals surface area contributed by atoms with Gasteiger partial charge in [-0.25, -0.2) is 4.79 Å². The van der Waals surface area contributed by atoms with E-state index in [0.29, 0.717) is 18.7 Å². The van der Waals surface area contributed by atoms with Gasteiger partial charge in [-0.3, -0.25) is 9.89 Å². The molecule has 1 aliphatic rings. The molecule has 0 aliphatic carbocycles. The van der Waals surface area contributed by atoms with Gasteiger partial charge in [-0.2, -0.15) is 5.10 Å². The number of anilines is 1. The second-order valence-corrected chi connectivity index (χ2v) is 4.51. The van der Waals surface area contributed by atoms with Crippen molar-refractivity contribution in [3.8, 4) is 0 Å². The third kappa shape index (κ3) is 2.29. The molecular weight excluding hydrogens is 236 g/mol. The largest absolute Gasteiger partial charge is 0.481 e. The second-order valence-electron chi connectivity index (χ2n) is 4.51. The Balaban J connectivity index is 2.00. The summed E-state index contributed by atoms with van der Waals surface area (Å²) in [5.74, 6) is -1.30. The third-order valence-electron chi connectivity index (χ3n) is 3.18. The molecule has 0 aromatic carbocycles. The van der Waals surface area contributed by atoms with Crippen LogP contribution in [0.15, 0.2) is 0 Å². The quantitative estimate of drug-likeness (QED) is 0.730. The zero-order chi connectivity index (χ0) is 13.3. The summed E-state index contributed by atoms with van der Waals surface area (Å²) in [7, 11) is 0. The fourth-order valence-electron chi connectivity index (χ4n) is 2.07. The SMILES string of the molecule is Cc1n[nH]c(C)c1NC(=O)N1CCC(C(=O)O)C1. The molecule has 1 aromatic rings. The molecule has 98 valence electrons. The normalized spacial score (nSPS) is 19.0. The summed E-state index contributed by atoms with van der Waals surface area (Å²) >= 11 is 0. The van der Waals surface area contributed by atoms with E-state index in [0.717, 1.165) is 11.4 Å². The molecule has 1 aromatic heterocycles. The van der Waals surface area contributed by atoms with Crippen LogP contribution < -0.4 is 5.32 Å². The number of likely N-dealkylation sites (tertiary alicyclic amines) is 1. The molecule has 18 heavy (non-hydrogen) atoms. The Labute approximate surface area is 104 Å². The first-order valence-electron chi connectivity index (χ1n) is 5.79. The number of urea groups is 1. The third-order valence-corrected chi connectivity index (χ3v) is 3.18. The molecule has 3 N–H and O–H groups in total. The Morgan fingerprint density at radius 1 is 1.50 bits per heavy atom. The number of nitrogens with one attached hydrogen (secondary N) is 2. The van der Waals surface area contributed by atoms with Gasteiger partial charge in [-0.15, -0.1) is 0 Å². The smallest absolute Gasteiger partial charge is 0.321 e. The molecule has 1 saturated heterocycles. The molecular formula is C11H16N4O3. The van der Waals surface area contributed by atoms with E-state index in [2.05, 4.69) is 15.5 Å². The molecule has 1 atom stereocenters. The maximum Gasteiger partial charge on any atom is 0.321 e. The Morgan fingerprint density at radius 3 is 2.72 bits per heavy atom. The molecule has 7 heteroatoms. The summed E-state index contributed by atoms with van der Waals surface area (Å²) in [5, 5.41) is 18.4. The summed E-state index contributed by atoms with van der Waals surface area (Å²) in [5.41, 5.74) is 2.17. The Bertz CT molecular complexity index is 463. The minimum absolute atomic E-state index is 0.261. The number of carbonyl (C=O) groups is 2. The number of amides is 2. The number of aromatic nitrogens is 2. The first kappa shape index (κ1) is 12.4. The highest BCUT2D eigenvalue weighted by Crippen LogP contribution is 2.20. The van der Waals surface area contributed by atoms with Crippen molar-refractivity contribution in [1.29, 1.82) is 0 Å². The van der Waals surface area contributed by atoms with Crippen LogP contribution in [0.25, 0.3) is 0 Å². The fourth-order valence-corrected chi connectivity index (χ4v) is 2.07. The van der Waals surface area contributed by atoms with Crippen LogP contribution in [0.4, 0.5) is 10.5 Å². The maximum absolute atomic E-state index is 12.0. The van der Waals surface area contributed by atoms with Gasteiger partial charge < -0.3 is 15.3 Å². The van der Waals surface area contributed by atoms with E-state index < -0.39 is 11.9 Å². The van der Waals surface area contributed by atoms with Crippen LogP contribution in [0.2, 0.25) is 0 Å². The van der Waals surface area contributed by atoms with Gasteiger partial charge in [0.2, 0.25) is 0 Å². The Hall–Kier alpha value is -2.05. The number of rotatable bonds is 2. The van der Waals surface area contributed by atoms with Gasteiger partial charge in [0, 0.05) is 13.1 Å². The average molecular weight is 252 g/mol. The van der Waals surface area contributed by atoms with Gasteiger partial charge in [-0.05, 0) is 20.3 Å². The average Bonchev–Trinajstić information content (AvgIpc) is 2.91. The van der Waals surface area contributed by atoms with E-state index >= 15 is 0 Å². The molecule has 2 amide bonds. The van der Waals surface area contributed by atoms with Crippen LogP contribution in [0.3, 0.4) is 0 Å². The molecule has 0 spiro atoms. The lowest BCUT2D eigenvalue weighted by atomic mass is 10.1. The number of carboxylic acids is 1. The molecule has 1 unspecified atom stereocenters.